The van der Waals surface area contributed by atoms with E-state index in [1.165, 1.54) is 6.42 Å². The molecule has 2 fully saturated rings. The monoisotopic (exact) mass is 462 g/mol. The molecule has 1 saturated carbocycles. The molecule has 1 aromatic carbocycles. The third-order valence-electron chi connectivity index (χ3n) is 5.87. The largest absolute Gasteiger partial charge is 0.444 e. The molecule has 0 radical (unpaired) electrons. The molecule has 5 nitrogen and oxygen atoms in total. The molecule has 1 heterocycles. The SMILES string of the molecule is C=C[C@@H]1[C@@H](NC(=O)OC(C)(C)C)[C@H]2CCCC[C@@H]2CN1C(=O)c1ccc(Br)cc1. The van der Waals surface area contributed by atoms with E-state index in [2.05, 4.69) is 27.8 Å². The zero-order valence-electron chi connectivity index (χ0n) is 17.5. The molecule has 2 amide bonds. The van der Waals surface area contributed by atoms with Crippen LogP contribution in [-0.4, -0.2) is 41.1 Å². The molecule has 1 saturated heterocycles. The van der Waals surface area contributed by atoms with E-state index in [1.54, 1.807) is 6.08 Å². The van der Waals surface area contributed by atoms with Crippen molar-refractivity contribution in [3.05, 3.63) is 47.0 Å². The molecule has 1 aromatic rings. The Labute approximate surface area is 182 Å². The maximum atomic E-state index is 13.3. The second-order valence-electron chi connectivity index (χ2n) is 9.07. The minimum Gasteiger partial charge on any atom is -0.444 e. The van der Waals surface area contributed by atoms with Crippen LogP contribution in [-0.2, 0) is 4.74 Å². The minimum absolute atomic E-state index is 0.0255. The number of carbonyl (C=O) groups is 2. The second kappa shape index (κ2) is 8.90. The lowest BCUT2D eigenvalue weighted by molar-refractivity contribution is 0.00973. The van der Waals surface area contributed by atoms with Gasteiger partial charge in [-0.05, 0) is 69.7 Å². The van der Waals surface area contributed by atoms with Crippen molar-refractivity contribution in [1.82, 2.24) is 10.2 Å². The highest BCUT2D eigenvalue weighted by Gasteiger charge is 2.45. The molecule has 0 unspecified atom stereocenters. The third kappa shape index (κ3) is 5.21. The van der Waals surface area contributed by atoms with E-state index in [0.29, 0.717) is 23.9 Å². The molecule has 1 aliphatic carbocycles. The van der Waals surface area contributed by atoms with E-state index in [0.717, 1.165) is 23.7 Å². The number of rotatable bonds is 3. The van der Waals surface area contributed by atoms with Crippen LogP contribution in [0.4, 0.5) is 4.79 Å². The third-order valence-corrected chi connectivity index (χ3v) is 6.39. The van der Waals surface area contributed by atoms with E-state index < -0.39 is 11.7 Å². The molecule has 3 rings (SSSR count). The van der Waals surface area contributed by atoms with Crippen LogP contribution < -0.4 is 5.32 Å². The standard InChI is InChI=1S/C23H31BrN2O3/c1-5-19-20(25-22(28)29-23(2,3)4)18-9-7-6-8-16(18)14-26(19)21(27)15-10-12-17(24)13-11-15/h5,10-13,16,18-20H,1,6-9,14H2,2-4H3,(H,25,28)/t16-,18+,19-,20+/m1/s1. The number of likely N-dealkylation sites (tertiary alicyclic amines) is 1. The summed E-state index contributed by atoms with van der Waals surface area (Å²) in [6, 6.07) is 6.95. The Morgan fingerprint density at radius 3 is 2.48 bits per heavy atom. The summed E-state index contributed by atoms with van der Waals surface area (Å²) in [6.07, 6.45) is 5.80. The van der Waals surface area contributed by atoms with E-state index in [4.69, 9.17) is 4.74 Å². The van der Waals surface area contributed by atoms with Gasteiger partial charge in [0.05, 0.1) is 12.1 Å². The van der Waals surface area contributed by atoms with Gasteiger partial charge in [0.15, 0.2) is 0 Å². The highest BCUT2D eigenvalue weighted by atomic mass is 79.9. The number of alkyl carbamates (subject to hydrolysis) is 1. The summed E-state index contributed by atoms with van der Waals surface area (Å²) in [4.78, 5) is 27.8. The summed E-state index contributed by atoms with van der Waals surface area (Å²) in [7, 11) is 0. The fourth-order valence-electron chi connectivity index (χ4n) is 4.64. The Balaban J connectivity index is 1.87. The maximum Gasteiger partial charge on any atom is 0.407 e. The van der Waals surface area contributed by atoms with Crippen molar-refractivity contribution < 1.29 is 14.3 Å². The number of amides is 2. The molecule has 6 heteroatoms. The fourth-order valence-corrected chi connectivity index (χ4v) is 4.91. The summed E-state index contributed by atoms with van der Waals surface area (Å²) in [5.41, 5.74) is 0.0757. The molecule has 4 atom stereocenters. The Hall–Kier alpha value is -1.82. The van der Waals surface area contributed by atoms with Crippen molar-refractivity contribution in [2.45, 2.75) is 64.1 Å². The number of halogens is 1. The van der Waals surface area contributed by atoms with Gasteiger partial charge in [-0.25, -0.2) is 4.79 Å². The van der Waals surface area contributed by atoms with Gasteiger partial charge in [-0.2, -0.15) is 0 Å². The highest BCUT2D eigenvalue weighted by molar-refractivity contribution is 9.10. The van der Waals surface area contributed by atoms with Crippen LogP contribution in [0.25, 0.3) is 0 Å². The first kappa shape index (κ1) is 21.9. The van der Waals surface area contributed by atoms with Crippen LogP contribution in [0.3, 0.4) is 0 Å². The lowest BCUT2D eigenvalue weighted by atomic mass is 9.70. The molecule has 0 aromatic heterocycles. The number of nitrogens with one attached hydrogen (secondary N) is 1. The topological polar surface area (TPSA) is 58.6 Å². The van der Waals surface area contributed by atoms with E-state index in [1.807, 2.05) is 49.9 Å². The first-order valence-electron chi connectivity index (χ1n) is 10.4. The zero-order valence-corrected chi connectivity index (χ0v) is 19.1. The van der Waals surface area contributed by atoms with Crippen molar-refractivity contribution in [3.8, 4) is 0 Å². The number of fused-ring (bicyclic) bond motifs is 1. The van der Waals surface area contributed by atoms with Crippen molar-refractivity contribution in [2.75, 3.05) is 6.54 Å². The van der Waals surface area contributed by atoms with Crippen LogP contribution in [0.2, 0.25) is 0 Å². The predicted molar refractivity (Wildman–Crippen MR) is 118 cm³/mol. The van der Waals surface area contributed by atoms with Crippen LogP contribution >= 0.6 is 15.9 Å². The molecule has 0 spiro atoms. The number of carbonyl (C=O) groups excluding carboxylic acids is 2. The van der Waals surface area contributed by atoms with E-state index in [9.17, 15) is 9.59 Å². The number of nitrogens with zero attached hydrogens (tertiary/aromatic N) is 1. The fraction of sp³-hybridized carbons (Fsp3) is 0.565. The Bertz CT molecular complexity index is 756. The van der Waals surface area contributed by atoms with Gasteiger partial charge >= 0.3 is 6.09 Å². The Kier molecular flexibility index (Phi) is 6.72. The number of piperidine rings is 1. The van der Waals surface area contributed by atoms with E-state index in [-0.39, 0.29) is 18.0 Å². The Morgan fingerprint density at radius 2 is 1.86 bits per heavy atom. The molecular weight excluding hydrogens is 432 g/mol. The first-order chi connectivity index (χ1) is 13.7. The number of benzene rings is 1. The van der Waals surface area contributed by atoms with E-state index >= 15 is 0 Å². The number of ether oxygens (including phenoxy) is 1. The van der Waals surface area contributed by atoms with Gasteiger partial charge in [-0.15, -0.1) is 6.58 Å². The lowest BCUT2D eigenvalue weighted by Crippen LogP contribution is -2.63. The van der Waals surface area contributed by atoms with Crippen LogP contribution in [0.5, 0.6) is 0 Å². The quantitative estimate of drug-likeness (QED) is 0.630. The molecule has 29 heavy (non-hydrogen) atoms. The van der Waals surface area contributed by atoms with Gasteiger partial charge < -0.3 is 15.0 Å². The van der Waals surface area contributed by atoms with Crippen LogP contribution in [0.1, 0.15) is 56.8 Å². The van der Waals surface area contributed by atoms with Gasteiger partial charge in [0.2, 0.25) is 0 Å². The summed E-state index contributed by atoms with van der Waals surface area (Å²) < 4.78 is 6.45. The minimum atomic E-state index is -0.568. The van der Waals surface area contributed by atoms with Gasteiger partial charge in [-0.1, -0.05) is 34.8 Å². The first-order valence-corrected chi connectivity index (χ1v) is 11.2. The van der Waals surface area contributed by atoms with Crippen molar-refractivity contribution in [3.63, 3.8) is 0 Å². The van der Waals surface area contributed by atoms with Gasteiger partial charge in [0.25, 0.3) is 5.91 Å². The summed E-state index contributed by atoms with van der Waals surface area (Å²) in [5, 5.41) is 3.09. The zero-order chi connectivity index (χ0) is 21.2. The van der Waals surface area contributed by atoms with Crippen molar-refractivity contribution in [1.29, 1.82) is 0 Å². The van der Waals surface area contributed by atoms with Gasteiger partial charge in [0.1, 0.15) is 5.60 Å². The van der Waals surface area contributed by atoms with Gasteiger partial charge in [0, 0.05) is 16.6 Å². The van der Waals surface area contributed by atoms with Crippen molar-refractivity contribution >= 4 is 27.9 Å². The number of hydrogen-bond acceptors (Lipinski definition) is 3. The molecule has 2 aliphatic rings. The molecule has 0 bridgehead atoms. The predicted octanol–water partition coefficient (Wildman–Crippen LogP) is 5.16. The van der Waals surface area contributed by atoms with Crippen LogP contribution in [0, 0.1) is 11.8 Å². The lowest BCUT2D eigenvalue weighted by Gasteiger charge is -2.50. The smallest absolute Gasteiger partial charge is 0.407 e. The summed E-state index contributed by atoms with van der Waals surface area (Å²) in [5.74, 6) is 0.676. The van der Waals surface area contributed by atoms with Crippen LogP contribution in [0.15, 0.2) is 41.4 Å². The normalized spacial score (nSPS) is 27.0. The molecule has 1 N–H and O–H groups in total. The number of hydrogen-bond donors (Lipinski definition) is 1. The maximum absolute atomic E-state index is 13.3. The highest BCUT2D eigenvalue weighted by Crippen LogP contribution is 2.39. The van der Waals surface area contributed by atoms with Gasteiger partial charge in [-0.3, -0.25) is 4.79 Å². The molecule has 1 aliphatic heterocycles. The Morgan fingerprint density at radius 1 is 1.21 bits per heavy atom. The summed E-state index contributed by atoms with van der Waals surface area (Å²) >= 11 is 3.42. The molecular formula is C23H31BrN2O3. The molecule has 158 valence electrons. The average molecular weight is 463 g/mol. The average Bonchev–Trinajstić information content (AvgIpc) is 2.66. The van der Waals surface area contributed by atoms with Crippen molar-refractivity contribution in [2.24, 2.45) is 11.8 Å². The summed E-state index contributed by atoms with van der Waals surface area (Å²) in [6.45, 7) is 10.3. The second-order valence-corrected chi connectivity index (χ2v) is 9.99.